The average Bonchev–Trinajstić information content (AvgIpc) is 2.38. The second-order valence-electron chi connectivity index (χ2n) is 4.34. The molecule has 0 aromatic rings. The zero-order valence-corrected chi connectivity index (χ0v) is 11.1. The molecule has 0 aromatic carbocycles. The van der Waals surface area contributed by atoms with E-state index >= 15 is 0 Å². The molecule has 0 radical (unpaired) electrons. The van der Waals surface area contributed by atoms with Gasteiger partial charge in [0.05, 0.1) is 25.7 Å². The Hall–Kier alpha value is -1.30. The summed E-state index contributed by atoms with van der Waals surface area (Å²) in [6.45, 7) is 6.38. The molecule has 1 aliphatic heterocycles. The SMILES string of the molecule is CCC1COCCN1C(=O)N(CC)CCC(=O)O. The molecule has 1 atom stereocenters. The standard InChI is InChI=1S/C12H22N2O4/c1-3-10-9-18-8-7-14(10)12(17)13(4-2)6-5-11(15)16/h10H,3-9H2,1-2H3,(H,15,16). The largest absolute Gasteiger partial charge is 0.481 e. The van der Waals surface area contributed by atoms with Gasteiger partial charge < -0.3 is 19.6 Å². The number of urea groups is 1. The number of hydrogen-bond donors (Lipinski definition) is 1. The fourth-order valence-electron chi connectivity index (χ4n) is 2.05. The fraction of sp³-hybridized carbons (Fsp3) is 0.833. The third-order valence-electron chi connectivity index (χ3n) is 3.19. The van der Waals surface area contributed by atoms with Crippen LogP contribution in [-0.2, 0) is 9.53 Å². The Labute approximate surface area is 107 Å². The minimum atomic E-state index is -0.879. The molecule has 2 amide bonds. The lowest BCUT2D eigenvalue weighted by Gasteiger charge is -2.38. The normalized spacial score (nSPS) is 19.7. The van der Waals surface area contributed by atoms with E-state index in [1.807, 2.05) is 13.8 Å². The van der Waals surface area contributed by atoms with Crippen LogP contribution in [-0.4, -0.2) is 65.8 Å². The quantitative estimate of drug-likeness (QED) is 0.799. The van der Waals surface area contributed by atoms with Crippen LogP contribution < -0.4 is 0 Å². The summed E-state index contributed by atoms with van der Waals surface area (Å²) in [7, 11) is 0. The molecule has 0 saturated carbocycles. The van der Waals surface area contributed by atoms with Crippen molar-refractivity contribution in [2.45, 2.75) is 32.7 Å². The third-order valence-corrected chi connectivity index (χ3v) is 3.19. The Bertz CT molecular complexity index is 296. The molecule has 1 N–H and O–H groups in total. The second kappa shape index (κ2) is 7.20. The molecule has 1 unspecified atom stereocenters. The highest BCUT2D eigenvalue weighted by molar-refractivity contribution is 5.76. The molecule has 18 heavy (non-hydrogen) atoms. The lowest BCUT2D eigenvalue weighted by Crippen LogP contribution is -2.53. The smallest absolute Gasteiger partial charge is 0.320 e. The molecule has 1 saturated heterocycles. The number of carbonyl (C=O) groups excluding carboxylic acids is 1. The van der Waals surface area contributed by atoms with E-state index in [1.165, 1.54) is 0 Å². The summed E-state index contributed by atoms with van der Waals surface area (Å²) in [6, 6.07) is 0.0269. The van der Waals surface area contributed by atoms with Crippen molar-refractivity contribution in [3.8, 4) is 0 Å². The van der Waals surface area contributed by atoms with E-state index in [2.05, 4.69) is 0 Å². The third kappa shape index (κ3) is 3.87. The van der Waals surface area contributed by atoms with Crippen LogP contribution in [0.25, 0.3) is 0 Å². The molecule has 0 bridgehead atoms. The van der Waals surface area contributed by atoms with E-state index in [-0.39, 0.29) is 25.0 Å². The topological polar surface area (TPSA) is 70.1 Å². The Morgan fingerprint density at radius 1 is 1.44 bits per heavy atom. The number of ether oxygens (including phenoxy) is 1. The van der Waals surface area contributed by atoms with E-state index in [0.29, 0.717) is 26.3 Å². The minimum absolute atomic E-state index is 0.0132. The lowest BCUT2D eigenvalue weighted by molar-refractivity contribution is -0.137. The van der Waals surface area contributed by atoms with Gasteiger partial charge in [-0.25, -0.2) is 4.79 Å². The number of aliphatic carboxylic acids is 1. The summed E-state index contributed by atoms with van der Waals surface area (Å²) in [5.74, 6) is -0.879. The van der Waals surface area contributed by atoms with Gasteiger partial charge in [0.25, 0.3) is 0 Å². The number of rotatable bonds is 5. The molecule has 1 rings (SSSR count). The van der Waals surface area contributed by atoms with Gasteiger partial charge >= 0.3 is 12.0 Å². The van der Waals surface area contributed by atoms with Crippen LogP contribution in [0.1, 0.15) is 26.7 Å². The van der Waals surface area contributed by atoms with E-state index < -0.39 is 5.97 Å². The van der Waals surface area contributed by atoms with Crippen molar-refractivity contribution >= 4 is 12.0 Å². The molecule has 1 aliphatic rings. The summed E-state index contributed by atoms with van der Waals surface area (Å²) in [4.78, 5) is 26.3. The van der Waals surface area contributed by atoms with Gasteiger partial charge in [0.2, 0.25) is 0 Å². The molecular weight excluding hydrogens is 236 g/mol. The van der Waals surface area contributed by atoms with Crippen LogP contribution in [0.4, 0.5) is 4.79 Å². The number of carbonyl (C=O) groups is 2. The van der Waals surface area contributed by atoms with Crippen LogP contribution in [0.3, 0.4) is 0 Å². The maximum atomic E-state index is 12.3. The molecule has 0 aromatic heterocycles. The van der Waals surface area contributed by atoms with E-state index in [4.69, 9.17) is 9.84 Å². The predicted molar refractivity (Wildman–Crippen MR) is 66.5 cm³/mol. The van der Waals surface area contributed by atoms with Gasteiger partial charge in [-0.3, -0.25) is 4.79 Å². The van der Waals surface area contributed by atoms with Gasteiger partial charge in [0.1, 0.15) is 0 Å². The van der Waals surface area contributed by atoms with Crippen LogP contribution in [0.15, 0.2) is 0 Å². The molecule has 6 heteroatoms. The molecule has 6 nitrogen and oxygen atoms in total. The highest BCUT2D eigenvalue weighted by Gasteiger charge is 2.28. The highest BCUT2D eigenvalue weighted by Crippen LogP contribution is 2.13. The van der Waals surface area contributed by atoms with Crippen LogP contribution in [0.2, 0.25) is 0 Å². The van der Waals surface area contributed by atoms with Crippen LogP contribution in [0.5, 0.6) is 0 Å². The molecule has 0 spiro atoms. The van der Waals surface area contributed by atoms with E-state index in [1.54, 1.807) is 9.80 Å². The summed E-state index contributed by atoms with van der Waals surface area (Å²) in [5.41, 5.74) is 0. The van der Waals surface area contributed by atoms with Crippen molar-refractivity contribution in [2.24, 2.45) is 0 Å². The van der Waals surface area contributed by atoms with Crippen LogP contribution in [0, 0.1) is 0 Å². The number of morpholine rings is 1. The molecule has 104 valence electrons. The molecule has 0 aliphatic carbocycles. The van der Waals surface area contributed by atoms with Crippen LogP contribution >= 0.6 is 0 Å². The number of carboxylic acids is 1. The van der Waals surface area contributed by atoms with Crippen molar-refractivity contribution in [1.82, 2.24) is 9.80 Å². The number of nitrogens with zero attached hydrogens (tertiary/aromatic N) is 2. The maximum Gasteiger partial charge on any atom is 0.320 e. The maximum absolute atomic E-state index is 12.3. The summed E-state index contributed by atoms with van der Waals surface area (Å²) >= 11 is 0. The van der Waals surface area contributed by atoms with Gasteiger partial charge in [-0.05, 0) is 13.3 Å². The van der Waals surface area contributed by atoms with Gasteiger partial charge in [0.15, 0.2) is 0 Å². The highest BCUT2D eigenvalue weighted by atomic mass is 16.5. The van der Waals surface area contributed by atoms with Gasteiger partial charge in [0, 0.05) is 19.6 Å². The van der Waals surface area contributed by atoms with Gasteiger partial charge in [-0.2, -0.15) is 0 Å². The van der Waals surface area contributed by atoms with Gasteiger partial charge in [-0.15, -0.1) is 0 Å². The summed E-state index contributed by atoms with van der Waals surface area (Å²) < 4.78 is 5.36. The van der Waals surface area contributed by atoms with Crippen molar-refractivity contribution < 1.29 is 19.4 Å². The fourth-order valence-corrected chi connectivity index (χ4v) is 2.05. The first kappa shape index (κ1) is 14.8. The Morgan fingerprint density at radius 2 is 2.17 bits per heavy atom. The number of carboxylic acid groups (broad SMARTS) is 1. The first-order valence-corrected chi connectivity index (χ1v) is 6.45. The molecular formula is C12H22N2O4. The lowest BCUT2D eigenvalue weighted by atomic mass is 10.2. The zero-order valence-electron chi connectivity index (χ0n) is 11.1. The Kier molecular flexibility index (Phi) is 5.91. The summed E-state index contributed by atoms with van der Waals surface area (Å²) in [6.07, 6.45) is 0.836. The monoisotopic (exact) mass is 258 g/mol. The van der Waals surface area contributed by atoms with Gasteiger partial charge in [-0.1, -0.05) is 6.92 Å². The molecule has 1 fully saturated rings. The van der Waals surface area contributed by atoms with Crippen molar-refractivity contribution in [3.05, 3.63) is 0 Å². The van der Waals surface area contributed by atoms with Crippen molar-refractivity contribution in [1.29, 1.82) is 0 Å². The van der Waals surface area contributed by atoms with Crippen molar-refractivity contribution in [3.63, 3.8) is 0 Å². The second-order valence-corrected chi connectivity index (χ2v) is 4.34. The molecule has 1 heterocycles. The zero-order chi connectivity index (χ0) is 13.5. The average molecular weight is 258 g/mol. The first-order chi connectivity index (χ1) is 8.60. The summed E-state index contributed by atoms with van der Waals surface area (Å²) in [5, 5.41) is 8.68. The first-order valence-electron chi connectivity index (χ1n) is 6.45. The Morgan fingerprint density at radius 3 is 2.72 bits per heavy atom. The predicted octanol–water partition coefficient (Wildman–Crippen LogP) is 1.01. The Balaban J connectivity index is 2.60. The number of hydrogen-bond acceptors (Lipinski definition) is 3. The number of amides is 2. The van der Waals surface area contributed by atoms with Crippen molar-refractivity contribution in [2.75, 3.05) is 32.8 Å². The van der Waals surface area contributed by atoms with E-state index in [9.17, 15) is 9.59 Å². The van der Waals surface area contributed by atoms with E-state index in [0.717, 1.165) is 6.42 Å². The minimum Gasteiger partial charge on any atom is -0.481 e.